The summed E-state index contributed by atoms with van der Waals surface area (Å²) in [6.07, 6.45) is 1.56. The molecule has 0 aromatic heterocycles. The van der Waals surface area contributed by atoms with Crippen LogP contribution in [-0.4, -0.2) is 16.1 Å². The van der Waals surface area contributed by atoms with Gasteiger partial charge < -0.3 is 0 Å². The quantitative estimate of drug-likeness (QED) is 0.343. The van der Waals surface area contributed by atoms with Crippen LogP contribution in [-0.2, 0) is 8.76 Å². The van der Waals surface area contributed by atoms with Crippen molar-refractivity contribution in [3.05, 3.63) is 11.1 Å². The van der Waals surface area contributed by atoms with Crippen LogP contribution in [0.2, 0.25) is 0 Å². The monoisotopic (exact) mass is 133 g/mol. The molecule has 0 atom stereocenters. The normalized spacial score (nSPS) is 24.0. The fraction of sp³-hybridized carbons (Fsp3) is 0. The molecule has 0 bridgehead atoms. The average Bonchev–Trinajstić information content (AvgIpc) is 1.76. The van der Waals surface area contributed by atoms with Gasteiger partial charge in [0.25, 0.3) is 0 Å². The maximum absolute atomic E-state index is 4.43. The Morgan fingerprint density at radius 1 is 1.60 bits per heavy atom. The molecule has 0 amide bonds. The summed E-state index contributed by atoms with van der Waals surface area (Å²) >= 11 is -0.0486. The van der Waals surface area contributed by atoms with Gasteiger partial charge in [0.15, 0.2) is 0 Å². The Hall–Kier alpha value is 0.0584. The van der Waals surface area contributed by atoms with Gasteiger partial charge in [-0.05, 0) is 0 Å². The Labute approximate surface area is 36.7 Å². The molecule has 0 saturated carbocycles. The molecule has 3 heteroatoms. The van der Waals surface area contributed by atoms with Crippen LogP contribution in [0.5, 0.6) is 0 Å². The van der Waals surface area contributed by atoms with E-state index in [0.717, 1.165) is 0 Å². The van der Waals surface area contributed by atoms with Crippen molar-refractivity contribution >= 4 is 16.1 Å². The van der Waals surface area contributed by atoms with Gasteiger partial charge in [0, 0.05) is 0 Å². The third-order valence-corrected chi connectivity index (χ3v) is 1.14. The van der Waals surface area contributed by atoms with Gasteiger partial charge in [-0.15, -0.1) is 0 Å². The zero-order valence-electron chi connectivity index (χ0n) is 2.42. The molecular weight excluding hydrogens is 131 g/mol. The first-order chi connectivity index (χ1) is 2.50. The molecule has 1 aliphatic rings. The molecule has 0 N–H and O–H groups in total. The molecule has 0 fully saturated rings. The molecular formula is C2H2AsO2. The molecule has 1 aliphatic heterocycles. The maximum atomic E-state index is 4.43. The fourth-order valence-corrected chi connectivity index (χ4v) is 0.645. The van der Waals surface area contributed by atoms with Gasteiger partial charge in [0.2, 0.25) is 0 Å². The van der Waals surface area contributed by atoms with Gasteiger partial charge in [-0.1, -0.05) is 0 Å². The first kappa shape index (κ1) is 3.26. The molecule has 1 heterocycles. The van der Waals surface area contributed by atoms with E-state index >= 15 is 0 Å². The van der Waals surface area contributed by atoms with E-state index in [1.165, 1.54) is 0 Å². The Balaban J connectivity index is 2.32. The van der Waals surface area contributed by atoms with Crippen LogP contribution in [0.4, 0.5) is 0 Å². The Morgan fingerprint density at radius 2 is 2.60 bits per heavy atom. The van der Waals surface area contributed by atoms with E-state index in [1.807, 2.05) is 4.86 Å². The molecule has 0 unspecified atom stereocenters. The third-order valence-electron chi connectivity index (χ3n) is 0.263. The summed E-state index contributed by atoms with van der Waals surface area (Å²) in [6, 6.07) is 0. The molecule has 0 spiro atoms. The van der Waals surface area contributed by atoms with Crippen molar-refractivity contribution in [3.63, 3.8) is 0 Å². The predicted molar refractivity (Wildman–Crippen MR) is 17.1 cm³/mol. The minimum atomic E-state index is -0.0486. The Morgan fingerprint density at radius 3 is 2.80 bits per heavy atom. The number of hydrogen-bond acceptors (Lipinski definition) is 2. The second-order valence-corrected chi connectivity index (χ2v) is 1.94. The summed E-state index contributed by atoms with van der Waals surface area (Å²) in [5, 5.41) is 0. The van der Waals surface area contributed by atoms with Gasteiger partial charge >= 0.3 is 36.0 Å². The topological polar surface area (TPSA) is 18.5 Å². The summed E-state index contributed by atoms with van der Waals surface area (Å²) in [5.74, 6) is 0. The van der Waals surface area contributed by atoms with Crippen LogP contribution in [0.25, 0.3) is 0 Å². The Kier molecular flexibility index (Phi) is 0.966. The van der Waals surface area contributed by atoms with Crippen LogP contribution in [0.15, 0.2) is 11.1 Å². The second kappa shape index (κ2) is 1.48. The summed E-state index contributed by atoms with van der Waals surface area (Å²) in [7, 11) is 0. The fourth-order valence-electron chi connectivity index (χ4n) is 0.124. The van der Waals surface area contributed by atoms with Gasteiger partial charge in [0.05, 0.1) is 0 Å². The van der Waals surface area contributed by atoms with Crippen molar-refractivity contribution in [2.24, 2.45) is 0 Å². The SMILES string of the molecule is C1=C[As]OO1. The van der Waals surface area contributed by atoms with Crippen LogP contribution in [0.1, 0.15) is 0 Å². The summed E-state index contributed by atoms with van der Waals surface area (Å²) < 4.78 is 4.43. The molecule has 1 radical (unpaired) electrons. The number of hydrogen-bond donors (Lipinski definition) is 0. The van der Waals surface area contributed by atoms with E-state index < -0.39 is 0 Å². The standard InChI is InChI=1S/C2H2AsO2/c1-2-4-5-3-1/h1-2H. The zero-order valence-corrected chi connectivity index (χ0v) is 4.29. The van der Waals surface area contributed by atoms with Crippen LogP contribution in [0, 0.1) is 0 Å². The van der Waals surface area contributed by atoms with Crippen LogP contribution >= 0.6 is 0 Å². The van der Waals surface area contributed by atoms with Gasteiger partial charge in [-0.25, -0.2) is 0 Å². The van der Waals surface area contributed by atoms with E-state index in [9.17, 15) is 0 Å². The molecule has 2 nitrogen and oxygen atoms in total. The molecule has 0 aliphatic carbocycles. The summed E-state index contributed by atoms with van der Waals surface area (Å²) in [6.45, 7) is 0. The third kappa shape index (κ3) is 0.672. The Bertz CT molecular complexity index is 45.6. The second-order valence-electron chi connectivity index (χ2n) is 0.561. The van der Waals surface area contributed by atoms with E-state index in [0.29, 0.717) is 0 Å². The van der Waals surface area contributed by atoms with Crippen molar-refractivity contribution in [1.82, 2.24) is 0 Å². The molecule has 0 aromatic rings. The van der Waals surface area contributed by atoms with Crippen molar-refractivity contribution in [2.45, 2.75) is 0 Å². The van der Waals surface area contributed by atoms with Crippen LogP contribution < -0.4 is 0 Å². The van der Waals surface area contributed by atoms with Gasteiger partial charge in [0.1, 0.15) is 0 Å². The molecule has 0 aromatic carbocycles. The predicted octanol–water partition coefficient (Wildman–Crippen LogP) is 0.0386. The minimum absolute atomic E-state index is 0.0486. The van der Waals surface area contributed by atoms with E-state index in [2.05, 4.69) is 8.76 Å². The zero-order chi connectivity index (χ0) is 3.54. The molecule has 0 saturated heterocycles. The van der Waals surface area contributed by atoms with Crippen LogP contribution in [0.3, 0.4) is 0 Å². The van der Waals surface area contributed by atoms with Crippen molar-refractivity contribution in [3.8, 4) is 0 Å². The van der Waals surface area contributed by atoms with Gasteiger partial charge in [-0.3, -0.25) is 0 Å². The first-order valence-electron chi connectivity index (χ1n) is 1.18. The van der Waals surface area contributed by atoms with Crippen molar-refractivity contribution < 1.29 is 8.76 Å². The van der Waals surface area contributed by atoms with Crippen molar-refractivity contribution in [1.29, 1.82) is 0 Å². The van der Waals surface area contributed by atoms with E-state index in [-0.39, 0.29) is 16.1 Å². The average molecular weight is 133 g/mol. The first-order valence-corrected chi connectivity index (χ1v) is 3.03. The summed E-state index contributed by atoms with van der Waals surface area (Å²) in [4.78, 5) is 6.19. The van der Waals surface area contributed by atoms with E-state index in [4.69, 9.17) is 0 Å². The molecule has 27 valence electrons. The van der Waals surface area contributed by atoms with Gasteiger partial charge in [-0.2, -0.15) is 0 Å². The number of rotatable bonds is 0. The van der Waals surface area contributed by atoms with E-state index in [1.54, 1.807) is 6.26 Å². The molecule has 5 heavy (non-hydrogen) atoms. The van der Waals surface area contributed by atoms with Crippen molar-refractivity contribution in [2.75, 3.05) is 0 Å². The summed E-state index contributed by atoms with van der Waals surface area (Å²) in [5.41, 5.74) is 0. The molecule has 1 rings (SSSR count).